The van der Waals surface area contributed by atoms with Crippen molar-refractivity contribution >= 4 is 28.8 Å². The van der Waals surface area contributed by atoms with Gasteiger partial charge in [-0.2, -0.15) is 0 Å². The number of anilines is 1. The molecule has 24 heavy (non-hydrogen) atoms. The van der Waals surface area contributed by atoms with E-state index >= 15 is 0 Å². The highest BCUT2D eigenvalue weighted by atomic mass is 32.1. The first-order chi connectivity index (χ1) is 11.6. The van der Waals surface area contributed by atoms with Crippen molar-refractivity contribution < 1.29 is 9.59 Å². The number of amides is 2. The van der Waals surface area contributed by atoms with Crippen LogP contribution in [-0.2, 0) is 4.79 Å². The lowest BCUT2D eigenvalue weighted by Crippen LogP contribution is -2.43. The number of aryl methyl sites for hydroxylation is 1. The summed E-state index contributed by atoms with van der Waals surface area (Å²) in [6, 6.07) is 9.63. The second-order valence-electron chi connectivity index (χ2n) is 6.30. The third-order valence-electron chi connectivity index (χ3n) is 4.67. The van der Waals surface area contributed by atoms with Gasteiger partial charge in [0, 0.05) is 18.8 Å². The fourth-order valence-electron chi connectivity index (χ4n) is 3.05. The van der Waals surface area contributed by atoms with Gasteiger partial charge in [-0.05, 0) is 55.3 Å². The second-order valence-corrected chi connectivity index (χ2v) is 7.25. The second kappa shape index (κ2) is 7.18. The van der Waals surface area contributed by atoms with Gasteiger partial charge >= 0.3 is 0 Å². The van der Waals surface area contributed by atoms with Gasteiger partial charge in [0.15, 0.2) is 0 Å². The highest BCUT2D eigenvalue weighted by Gasteiger charge is 2.29. The van der Waals surface area contributed by atoms with Gasteiger partial charge in [-0.25, -0.2) is 0 Å². The van der Waals surface area contributed by atoms with Crippen LogP contribution in [0.4, 0.5) is 5.69 Å². The van der Waals surface area contributed by atoms with Gasteiger partial charge in [-0.3, -0.25) is 9.59 Å². The Labute approximate surface area is 146 Å². The van der Waals surface area contributed by atoms with E-state index in [0.717, 1.165) is 41.1 Å². The Morgan fingerprint density at radius 3 is 2.79 bits per heavy atom. The van der Waals surface area contributed by atoms with Gasteiger partial charge in [0.25, 0.3) is 5.91 Å². The minimum absolute atomic E-state index is 0.00683. The van der Waals surface area contributed by atoms with Crippen LogP contribution in [0.1, 0.15) is 33.6 Å². The predicted molar refractivity (Wildman–Crippen MR) is 97.5 cm³/mol. The number of hydrogen-bond acceptors (Lipinski definition) is 3. The molecule has 4 nitrogen and oxygen atoms in total. The van der Waals surface area contributed by atoms with Crippen molar-refractivity contribution in [1.29, 1.82) is 0 Å². The van der Waals surface area contributed by atoms with Crippen molar-refractivity contribution in [2.24, 2.45) is 5.92 Å². The summed E-state index contributed by atoms with van der Waals surface area (Å²) in [7, 11) is 0. The highest BCUT2D eigenvalue weighted by molar-refractivity contribution is 7.12. The van der Waals surface area contributed by atoms with E-state index in [1.807, 2.05) is 54.5 Å². The number of likely N-dealkylation sites (tertiary alicyclic amines) is 1. The fourth-order valence-corrected chi connectivity index (χ4v) is 3.74. The van der Waals surface area contributed by atoms with E-state index in [1.165, 1.54) is 11.3 Å². The lowest BCUT2D eigenvalue weighted by Gasteiger charge is -2.32. The van der Waals surface area contributed by atoms with Crippen molar-refractivity contribution in [2.75, 3.05) is 18.4 Å². The number of thiophene rings is 1. The van der Waals surface area contributed by atoms with E-state index in [-0.39, 0.29) is 17.7 Å². The third kappa shape index (κ3) is 3.51. The quantitative estimate of drug-likeness (QED) is 0.921. The number of piperidine rings is 1. The van der Waals surface area contributed by atoms with Crippen molar-refractivity contribution in [1.82, 2.24) is 4.90 Å². The first kappa shape index (κ1) is 16.7. The maximum Gasteiger partial charge on any atom is 0.263 e. The Kier molecular flexibility index (Phi) is 5.00. The Balaban J connectivity index is 1.67. The minimum atomic E-state index is -0.150. The standard InChI is InChI=1S/C19H22N2O2S/c1-13-6-3-8-16(14(13)2)20-18(22)15-7-4-10-21(12-15)19(23)17-9-5-11-24-17/h3,5-6,8-9,11,15H,4,7,10,12H2,1-2H3,(H,20,22)/t15-/m1/s1. The Morgan fingerprint density at radius 2 is 2.04 bits per heavy atom. The van der Waals surface area contributed by atoms with E-state index in [1.54, 1.807) is 0 Å². The van der Waals surface area contributed by atoms with E-state index in [4.69, 9.17) is 0 Å². The maximum absolute atomic E-state index is 12.6. The van der Waals surface area contributed by atoms with E-state index in [0.29, 0.717) is 6.54 Å². The summed E-state index contributed by atoms with van der Waals surface area (Å²) in [5.74, 6) is -0.107. The molecular formula is C19H22N2O2S. The van der Waals surface area contributed by atoms with Crippen LogP contribution < -0.4 is 5.32 Å². The number of carbonyl (C=O) groups excluding carboxylic acids is 2. The van der Waals surface area contributed by atoms with Gasteiger partial charge in [0.1, 0.15) is 0 Å². The van der Waals surface area contributed by atoms with Crippen LogP contribution in [0.3, 0.4) is 0 Å². The summed E-state index contributed by atoms with van der Waals surface area (Å²) in [5.41, 5.74) is 3.11. The Morgan fingerprint density at radius 1 is 1.21 bits per heavy atom. The van der Waals surface area contributed by atoms with Crippen LogP contribution in [0.5, 0.6) is 0 Å². The van der Waals surface area contributed by atoms with Crippen LogP contribution in [-0.4, -0.2) is 29.8 Å². The molecule has 3 rings (SSSR count). The number of rotatable bonds is 3. The first-order valence-electron chi connectivity index (χ1n) is 8.26. The van der Waals surface area contributed by atoms with Crippen molar-refractivity contribution in [3.63, 3.8) is 0 Å². The van der Waals surface area contributed by atoms with Crippen LogP contribution in [0.15, 0.2) is 35.7 Å². The molecule has 0 aliphatic carbocycles. The summed E-state index contributed by atoms with van der Waals surface area (Å²) < 4.78 is 0. The molecule has 0 radical (unpaired) electrons. The Bertz CT molecular complexity index is 740. The zero-order valence-electron chi connectivity index (χ0n) is 14.0. The van der Waals surface area contributed by atoms with Crippen LogP contribution in [0, 0.1) is 19.8 Å². The van der Waals surface area contributed by atoms with Crippen LogP contribution in [0.25, 0.3) is 0 Å². The molecule has 2 aromatic rings. The van der Waals surface area contributed by atoms with Crippen molar-refractivity contribution in [2.45, 2.75) is 26.7 Å². The molecule has 126 valence electrons. The van der Waals surface area contributed by atoms with Gasteiger partial charge in [0.2, 0.25) is 5.91 Å². The molecule has 2 amide bonds. The van der Waals surface area contributed by atoms with Crippen LogP contribution in [0.2, 0.25) is 0 Å². The number of hydrogen-bond donors (Lipinski definition) is 1. The molecule has 0 bridgehead atoms. The first-order valence-corrected chi connectivity index (χ1v) is 9.14. The molecule has 1 saturated heterocycles. The van der Waals surface area contributed by atoms with Crippen molar-refractivity contribution in [3.05, 3.63) is 51.7 Å². The molecule has 1 aliphatic rings. The minimum Gasteiger partial charge on any atom is -0.337 e. The largest absolute Gasteiger partial charge is 0.337 e. The van der Waals surface area contributed by atoms with Gasteiger partial charge < -0.3 is 10.2 Å². The zero-order chi connectivity index (χ0) is 17.1. The molecule has 1 N–H and O–H groups in total. The summed E-state index contributed by atoms with van der Waals surface area (Å²) in [6.45, 7) is 5.27. The van der Waals surface area contributed by atoms with Gasteiger partial charge in [-0.15, -0.1) is 11.3 Å². The lowest BCUT2D eigenvalue weighted by atomic mass is 9.96. The molecule has 1 aromatic carbocycles. The van der Waals surface area contributed by atoms with E-state index in [9.17, 15) is 9.59 Å². The van der Waals surface area contributed by atoms with Gasteiger partial charge in [0.05, 0.1) is 10.8 Å². The number of benzene rings is 1. The molecule has 2 heterocycles. The molecule has 1 atom stereocenters. The summed E-state index contributed by atoms with van der Waals surface area (Å²) >= 11 is 1.45. The molecule has 1 fully saturated rings. The average Bonchev–Trinajstić information content (AvgIpc) is 3.13. The Hall–Kier alpha value is -2.14. The molecule has 0 spiro atoms. The molecule has 0 unspecified atom stereocenters. The predicted octanol–water partition coefficient (Wildman–Crippen LogP) is 3.86. The summed E-state index contributed by atoms with van der Waals surface area (Å²) in [5, 5.41) is 4.95. The summed E-state index contributed by atoms with van der Waals surface area (Å²) in [4.78, 5) is 27.7. The zero-order valence-corrected chi connectivity index (χ0v) is 14.9. The number of nitrogens with one attached hydrogen (secondary N) is 1. The fraction of sp³-hybridized carbons (Fsp3) is 0.368. The monoisotopic (exact) mass is 342 g/mol. The summed E-state index contributed by atoms with van der Waals surface area (Å²) in [6.07, 6.45) is 1.69. The molecule has 1 aliphatic heterocycles. The topological polar surface area (TPSA) is 49.4 Å². The SMILES string of the molecule is Cc1cccc(NC(=O)[C@@H]2CCCN(C(=O)c3cccs3)C2)c1C. The smallest absolute Gasteiger partial charge is 0.263 e. The van der Waals surface area contributed by atoms with Gasteiger partial charge in [-0.1, -0.05) is 18.2 Å². The van der Waals surface area contributed by atoms with E-state index in [2.05, 4.69) is 5.32 Å². The van der Waals surface area contributed by atoms with Crippen molar-refractivity contribution in [3.8, 4) is 0 Å². The molecule has 5 heteroatoms. The number of nitrogens with zero attached hydrogens (tertiary/aromatic N) is 1. The maximum atomic E-state index is 12.6. The molecule has 1 aromatic heterocycles. The lowest BCUT2D eigenvalue weighted by molar-refractivity contribution is -0.121. The number of carbonyl (C=O) groups is 2. The molecular weight excluding hydrogens is 320 g/mol. The average molecular weight is 342 g/mol. The molecule has 0 saturated carbocycles. The van der Waals surface area contributed by atoms with E-state index < -0.39 is 0 Å². The highest BCUT2D eigenvalue weighted by Crippen LogP contribution is 2.23. The van der Waals surface area contributed by atoms with Crippen LogP contribution >= 0.6 is 11.3 Å². The normalized spacial score (nSPS) is 17.6. The third-order valence-corrected chi connectivity index (χ3v) is 5.53.